The van der Waals surface area contributed by atoms with Crippen molar-refractivity contribution in [2.24, 2.45) is 0 Å². The van der Waals surface area contributed by atoms with Gasteiger partial charge in [-0.2, -0.15) is 4.31 Å². The minimum absolute atomic E-state index is 0.0219. The standard InChI is InChI=1S/C21H23N3O6S2/c1-29-18-9-8-17(13-19(18)30-2)32(27,28)24-12-10-16(14-24)23-31(25,26)20-7-3-5-15-6-4-11-22-21(15)20/h3-9,11,13,16,23H,10,12,14H2,1-2H3. The van der Waals surface area contributed by atoms with Crippen LogP contribution in [0.1, 0.15) is 6.42 Å². The molecular formula is C21H23N3O6S2. The molecule has 1 aliphatic rings. The zero-order valence-corrected chi connectivity index (χ0v) is 19.2. The Hall–Kier alpha value is -2.73. The van der Waals surface area contributed by atoms with Crippen LogP contribution in [0.15, 0.2) is 64.5 Å². The first-order valence-corrected chi connectivity index (χ1v) is 12.8. The van der Waals surface area contributed by atoms with Crippen molar-refractivity contribution in [1.82, 2.24) is 14.0 Å². The third-order valence-electron chi connectivity index (χ3n) is 5.35. The van der Waals surface area contributed by atoms with E-state index in [9.17, 15) is 16.8 Å². The molecule has 2 aromatic carbocycles. The second kappa shape index (κ2) is 8.66. The van der Waals surface area contributed by atoms with Gasteiger partial charge >= 0.3 is 0 Å². The molecular weight excluding hydrogens is 454 g/mol. The number of sulfonamides is 2. The SMILES string of the molecule is COc1ccc(S(=O)(=O)N2CCC(NS(=O)(=O)c3cccc4cccnc34)C2)cc1OC. The summed E-state index contributed by atoms with van der Waals surface area (Å²) in [6.45, 7) is 0.214. The summed E-state index contributed by atoms with van der Waals surface area (Å²) in [5, 5.41) is 0.708. The van der Waals surface area contributed by atoms with Crippen molar-refractivity contribution in [3.63, 3.8) is 0 Å². The molecule has 4 rings (SSSR count). The van der Waals surface area contributed by atoms with Crippen LogP contribution in [-0.2, 0) is 20.0 Å². The van der Waals surface area contributed by atoms with Crippen molar-refractivity contribution in [3.05, 3.63) is 54.7 Å². The predicted octanol–water partition coefficient (Wildman–Crippen LogP) is 1.99. The summed E-state index contributed by atoms with van der Waals surface area (Å²) in [5.41, 5.74) is 0.371. The fraction of sp³-hybridized carbons (Fsp3) is 0.286. The largest absolute Gasteiger partial charge is 0.493 e. The molecule has 0 saturated carbocycles. The van der Waals surface area contributed by atoms with Gasteiger partial charge in [-0.05, 0) is 30.7 Å². The lowest BCUT2D eigenvalue weighted by Crippen LogP contribution is -2.38. The molecule has 0 amide bonds. The lowest BCUT2D eigenvalue weighted by Gasteiger charge is -2.18. The molecule has 1 saturated heterocycles. The normalized spacial score (nSPS) is 17.5. The van der Waals surface area contributed by atoms with Gasteiger partial charge in [0.15, 0.2) is 11.5 Å². The Labute approximate surface area is 187 Å². The number of para-hydroxylation sites is 1. The number of nitrogens with zero attached hydrogens (tertiary/aromatic N) is 2. The zero-order valence-electron chi connectivity index (χ0n) is 17.6. The van der Waals surface area contributed by atoms with Crippen molar-refractivity contribution in [2.75, 3.05) is 27.3 Å². The summed E-state index contributed by atoms with van der Waals surface area (Å²) in [6.07, 6.45) is 1.89. The van der Waals surface area contributed by atoms with E-state index < -0.39 is 26.1 Å². The summed E-state index contributed by atoms with van der Waals surface area (Å²) < 4.78 is 66.5. The summed E-state index contributed by atoms with van der Waals surface area (Å²) in [6, 6.07) is 12.3. The number of rotatable bonds is 7. The molecule has 3 aromatic rings. The van der Waals surface area contributed by atoms with Gasteiger partial charge < -0.3 is 9.47 Å². The maximum Gasteiger partial charge on any atom is 0.243 e. The third kappa shape index (κ3) is 4.16. The van der Waals surface area contributed by atoms with Gasteiger partial charge in [0.25, 0.3) is 0 Å². The minimum atomic E-state index is -3.89. The molecule has 1 unspecified atom stereocenters. The van der Waals surface area contributed by atoms with Crippen LogP contribution in [0, 0.1) is 0 Å². The molecule has 9 nitrogen and oxygen atoms in total. The van der Waals surface area contributed by atoms with Crippen LogP contribution in [0.2, 0.25) is 0 Å². The van der Waals surface area contributed by atoms with E-state index in [1.54, 1.807) is 24.3 Å². The second-order valence-corrected chi connectivity index (χ2v) is 10.9. The highest BCUT2D eigenvalue weighted by molar-refractivity contribution is 7.90. The number of nitrogens with one attached hydrogen (secondary N) is 1. The van der Waals surface area contributed by atoms with Crippen molar-refractivity contribution in [1.29, 1.82) is 0 Å². The van der Waals surface area contributed by atoms with E-state index in [0.29, 0.717) is 28.8 Å². The zero-order chi connectivity index (χ0) is 22.9. The van der Waals surface area contributed by atoms with Crippen molar-refractivity contribution in [3.8, 4) is 11.5 Å². The monoisotopic (exact) mass is 477 g/mol. The molecule has 0 aliphatic carbocycles. The summed E-state index contributed by atoms with van der Waals surface area (Å²) in [7, 11) is -4.83. The number of fused-ring (bicyclic) bond motifs is 1. The maximum absolute atomic E-state index is 13.1. The fourth-order valence-electron chi connectivity index (χ4n) is 3.74. The molecule has 0 spiro atoms. The molecule has 2 heterocycles. The van der Waals surface area contributed by atoms with Crippen LogP contribution >= 0.6 is 0 Å². The highest BCUT2D eigenvalue weighted by Gasteiger charge is 2.35. The molecule has 11 heteroatoms. The van der Waals surface area contributed by atoms with E-state index in [1.165, 1.54) is 49.0 Å². The number of pyridine rings is 1. The van der Waals surface area contributed by atoms with Gasteiger partial charge in [0.2, 0.25) is 20.0 Å². The summed E-state index contributed by atoms with van der Waals surface area (Å²) in [5.74, 6) is 0.718. The van der Waals surface area contributed by atoms with E-state index in [0.717, 1.165) is 0 Å². The van der Waals surface area contributed by atoms with Gasteiger partial charge in [-0.3, -0.25) is 4.98 Å². The average molecular weight is 478 g/mol. The molecule has 1 N–H and O–H groups in total. The maximum atomic E-state index is 13.1. The first kappa shape index (κ1) is 22.5. The Morgan fingerprint density at radius 1 is 1.00 bits per heavy atom. The number of aromatic nitrogens is 1. The van der Waals surface area contributed by atoms with E-state index in [1.807, 2.05) is 0 Å². The molecule has 1 atom stereocenters. The van der Waals surface area contributed by atoms with Gasteiger partial charge in [-0.15, -0.1) is 0 Å². The molecule has 1 aliphatic heterocycles. The minimum Gasteiger partial charge on any atom is -0.493 e. The highest BCUT2D eigenvalue weighted by Crippen LogP contribution is 2.32. The second-order valence-electron chi connectivity index (χ2n) is 7.32. The average Bonchev–Trinajstić information content (AvgIpc) is 3.26. The molecule has 32 heavy (non-hydrogen) atoms. The predicted molar refractivity (Wildman–Crippen MR) is 119 cm³/mol. The number of benzene rings is 2. The smallest absolute Gasteiger partial charge is 0.243 e. The van der Waals surface area contributed by atoms with E-state index >= 15 is 0 Å². The molecule has 1 aromatic heterocycles. The van der Waals surface area contributed by atoms with Gasteiger partial charge in [0.1, 0.15) is 4.90 Å². The van der Waals surface area contributed by atoms with E-state index in [2.05, 4.69) is 9.71 Å². The summed E-state index contributed by atoms with van der Waals surface area (Å²) >= 11 is 0. The van der Waals surface area contributed by atoms with Gasteiger partial charge in [-0.1, -0.05) is 18.2 Å². The van der Waals surface area contributed by atoms with Crippen molar-refractivity contribution < 1.29 is 26.3 Å². The Morgan fingerprint density at radius 3 is 2.50 bits per heavy atom. The summed E-state index contributed by atoms with van der Waals surface area (Å²) in [4.78, 5) is 4.32. The molecule has 0 bridgehead atoms. The Kier molecular flexibility index (Phi) is 6.08. The van der Waals surface area contributed by atoms with Gasteiger partial charge in [0, 0.05) is 36.8 Å². The van der Waals surface area contributed by atoms with Crippen LogP contribution in [0.3, 0.4) is 0 Å². The quantitative estimate of drug-likeness (QED) is 0.553. The first-order chi connectivity index (χ1) is 15.3. The Bertz CT molecular complexity index is 1350. The van der Waals surface area contributed by atoms with Gasteiger partial charge in [-0.25, -0.2) is 21.6 Å². The van der Waals surface area contributed by atoms with Crippen LogP contribution in [-0.4, -0.2) is 59.5 Å². The van der Waals surface area contributed by atoms with Crippen LogP contribution in [0.4, 0.5) is 0 Å². The van der Waals surface area contributed by atoms with Gasteiger partial charge in [0.05, 0.1) is 24.6 Å². The topological polar surface area (TPSA) is 115 Å². The molecule has 170 valence electrons. The number of hydrogen-bond donors (Lipinski definition) is 1. The lowest BCUT2D eigenvalue weighted by molar-refractivity contribution is 0.353. The van der Waals surface area contributed by atoms with E-state index in [4.69, 9.17) is 9.47 Å². The number of ether oxygens (including phenoxy) is 2. The van der Waals surface area contributed by atoms with E-state index in [-0.39, 0.29) is 22.9 Å². The number of methoxy groups -OCH3 is 2. The fourth-order valence-corrected chi connectivity index (χ4v) is 6.70. The van der Waals surface area contributed by atoms with Crippen LogP contribution < -0.4 is 14.2 Å². The molecule has 1 fully saturated rings. The first-order valence-electron chi connectivity index (χ1n) is 9.84. The Morgan fingerprint density at radius 2 is 1.75 bits per heavy atom. The Balaban J connectivity index is 1.54. The molecule has 0 radical (unpaired) electrons. The number of hydrogen-bond acceptors (Lipinski definition) is 7. The lowest BCUT2D eigenvalue weighted by atomic mass is 10.2. The van der Waals surface area contributed by atoms with Crippen LogP contribution in [0.5, 0.6) is 11.5 Å². The van der Waals surface area contributed by atoms with Crippen molar-refractivity contribution >= 4 is 30.9 Å². The van der Waals surface area contributed by atoms with Crippen molar-refractivity contribution in [2.45, 2.75) is 22.3 Å². The van der Waals surface area contributed by atoms with Crippen LogP contribution in [0.25, 0.3) is 10.9 Å². The third-order valence-corrected chi connectivity index (χ3v) is 8.76. The highest BCUT2D eigenvalue weighted by atomic mass is 32.2.